The third-order valence-corrected chi connectivity index (χ3v) is 3.02. The van der Waals surface area contributed by atoms with Crippen LogP contribution in [0.3, 0.4) is 0 Å². The minimum atomic E-state index is -0.488. The number of aromatic nitrogens is 2. The Labute approximate surface area is 113 Å². The van der Waals surface area contributed by atoms with Gasteiger partial charge < -0.3 is 10.2 Å². The number of hydrogen-bond donors (Lipinski definition) is 1. The topological polar surface area (TPSA) is 97.8 Å². The molecule has 0 atom stereocenters. The zero-order valence-electron chi connectivity index (χ0n) is 10.4. The van der Waals surface area contributed by atoms with Gasteiger partial charge in [-0.3, -0.25) is 4.57 Å². The number of nitrogen functional groups attached to an aromatic ring is 1. The minimum Gasteiger partial charge on any atom is -0.408 e. The number of nitrogens with zero attached hydrogens (tertiary/aromatic N) is 3. The average molecular weight is 266 g/mol. The Morgan fingerprint density at radius 1 is 1.40 bits per heavy atom. The molecule has 0 amide bonds. The summed E-state index contributed by atoms with van der Waals surface area (Å²) in [6.45, 7) is 0.214. The third kappa shape index (κ3) is 1.91. The fraction of sp³-hybridized carbons (Fsp3) is 0.0714. The number of pyridine rings is 1. The molecule has 2 heterocycles. The molecule has 0 saturated heterocycles. The number of fused-ring (bicyclic) bond motifs is 1. The molecule has 0 aliphatic carbocycles. The van der Waals surface area contributed by atoms with E-state index in [9.17, 15) is 4.79 Å². The highest BCUT2D eigenvalue weighted by atomic mass is 16.4. The molecular weight excluding hydrogens is 256 g/mol. The van der Waals surface area contributed by atoms with Crippen molar-refractivity contribution >= 4 is 16.8 Å². The van der Waals surface area contributed by atoms with Crippen LogP contribution < -0.4 is 11.5 Å². The lowest BCUT2D eigenvalue weighted by Crippen LogP contribution is -2.15. The van der Waals surface area contributed by atoms with Crippen LogP contribution in [0.4, 0.5) is 5.69 Å². The van der Waals surface area contributed by atoms with Gasteiger partial charge in [0.2, 0.25) is 0 Å². The van der Waals surface area contributed by atoms with Gasteiger partial charge in [0.25, 0.3) is 0 Å². The molecule has 0 fully saturated rings. The van der Waals surface area contributed by atoms with Crippen LogP contribution in [0, 0.1) is 11.3 Å². The van der Waals surface area contributed by atoms with E-state index in [1.807, 2.05) is 6.07 Å². The number of benzene rings is 1. The predicted molar refractivity (Wildman–Crippen MR) is 72.9 cm³/mol. The summed E-state index contributed by atoms with van der Waals surface area (Å²) in [4.78, 5) is 15.9. The highest BCUT2D eigenvalue weighted by molar-refractivity contribution is 5.77. The Morgan fingerprint density at radius 2 is 2.25 bits per heavy atom. The predicted octanol–water partition coefficient (Wildman–Crippen LogP) is 1.49. The standard InChI is InChI=1S/C14H10N4O2/c15-7-11-9(2-1-5-17-11)8-18-12-6-10(16)3-4-13(12)20-14(18)19/h1-6H,8,16H2. The van der Waals surface area contributed by atoms with Crippen molar-refractivity contribution in [2.75, 3.05) is 5.73 Å². The fourth-order valence-corrected chi connectivity index (χ4v) is 2.07. The first-order valence-corrected chi connectivity index (χ1v) is 5.92. The van der Waals surface area contributed by atoms with E-state index in [-0.39, 0.29) is 12.2 Å². The smallest absolute Gasteiger partial charge is 0.408 e. The van der Waals surface area contributed by atoms with Crippen molar-refractivity contribution in [1.82, 2.24) is 9.55 Å². The maximum absolute atomic E-state index is 11.9. The number of anilines is 1. The van der Waals surface area contributed by atoms with Crippen molar-refractivity contribution in [1.29, 1.82) is 5.26 Å². The molecule has 6 heteroatoms. The Kier molecular flexibility index (Phi) is 2.73. The van der Waals surface area contributed by atoms with Crippen molar-refractivity contribution in [3.05, 3.63) is 58.3 Å². The van der Waals surface area contributed by atoms with Crippen molar-refractivity contribution in [3.8, 4) is 6.07 Å². The average Bonchev–Trinajstić information content (AvgIpc) is 2.76. The summed E-state index contributed by atoms with van der Waals surface area (Å²) in [5.41, 5.74) is 8.28. The van der Waals surface area contributed by atoms with Crippen LogP contribution in [-0.4, -0.2) is 9.55 Å². The van der Waals surface area contributed by atoms with Gasteiger partial charge in [0, 0.05) is 17.4 Å². The first-order chi connectivity index (χ1) is 9.69. The molecule has 98 valence electrons. The van der Waals surface area contributed by atoms with Crippen LogP contribution in [0.25, 0.3) is 11.1 Å². The molecule has 3 aromatic rings. The van der Waals surface area contributed by atoms with Crippen LogP contribution in [0.15, 0.2) is 45.7 Å². The zero-order chi connectivity index (χ0) is 14.1. The summed E-state index contributed by atoms with van der Waals surface area (Å²) >= 11 is 0. The van der Waals surface area contributed by atoms with Gasteiger partial charge in [-0.05, 0) is 24.3 Å². The quantitative estimate of drug-likeness (QED) is 0.708. The molecule has 0 bridgehead atoms. The molecule has 20 heavy (non-hydrogen) atoms. The lowest BCUT2D eigenvalue weighted by Gasteiger charge is -2.04. The van der Waals surface area contributed by atoms with E-state index < -0.39 is 5.76 Å². The Balaban J connectivity index is 2.16. The van der Waals surface area contributed by atoms with Gasteiger partial charge >= 0.3 is 5.76 Å². The highest BCUT2D eigenvalue weighted by Crippen LogP contribution is 2.18. The van der Waals surface area contributed by atoms with Gasteiger partial charge in [0.15, 0.2) is 5.58 Å². The zero-order valence-corrected chi connectivity index (χ0v) is 10.4. The number of oxazole rings is 1. The summed E-state index contributed by atoms with van der Waals surface area (Å²) in [7, 11) is 0. The van der Waals surface area contributed by atoms with E-state index in [0.29, 0.717) is 22.4 Å². The van der Waals surface area contributed by atoms with Gasteiger partial charge in [-0.2, -0.15) is 5.26 Å². The Morgan fingerprint density at radius 3 is 3.05 bits per heavy atom. The van der Waals surface area contributed by atoms with Gasteiger partial charge in [0.1, 0.15) is 11.8 Å². The van der Waals surface area contributed by atoms with Gasteiger partial charge in [-0.1, -0.05) is 6.07 Å². The van der Waals surface area contributed by atoms with Gasteiger partial charge in [-0.15, -0.1) is 0 Å². The van der Waals surface area contributed by atoms with Crippen molar-refractivity contribution in [2.24, 2.45) is 0 Å². The van der Waals surface area contributed by atoms with E-state index in [1.165, 1.54) is 10.8 Å². The molecular formula is C14H10N4O2. The lowest BCUT2D eigenvalue weighted by molar-refractivity contribution is 0.517. The number of rotatable bonds is 2. The maximum Gasteiger partial charge on any atom is 0.420 e. The SMILES string of the molecule is N#Cc1ncccc1Cn1c(=O)oc2ccc(N)cc21. The molecule has 0 aliphatic rings. The Bertz CT molecular complexity index is 886. The Hall–Kier alpha value is -3.07. The monoisotopic (exact) mass is 266 g/mol. The van der Waals surface area contributed by atoms with Gasteiger partial charge in [-0.25, -0.2) is 9.78 Å². The summed E-state index contributed by atoms with van der Waals surface area (Å²) in [5, 5.41) is 9.03. The van der Waals surface area contributed by atoms with Crippen LogP contribution in [-0.2, 0) is 6.54 Å². The molecule has 0 radical (unpaired) electrons. The number of nitrogens with two attached hydrogens (primary N) is 1. The van der Waals surface area contributed by atoms with Gasteiger partial charge in [0.05, 0.1) is 12.1 Å². The van der Waals surface area contributed by atoms with E-state index in [1.54, 1.807) is 30.3 Å². The van der Waals surface area contributed by atoms with Crippen molar-refractivity contribution in [2.45, 2.75) is 6.54 Å². The highest BCUT2D eigenvalue weighted by Gasteiger charge is 2.12. The number of nitriles is 1. The largest absolute Gasteiger partial charge is 0.420 e. The first kappa shape index (κ1) is 12.0. The summed E-state index contributed by atoms with van der Waals surface area (Å²) in [5.74, 6) is -0.488. The molecule has 2 N–H and O–H groups in total. The van der Waals surface area contributed by atoms with E-state index in [4.69, 9.17) is 15.4 Å². The van der Waals surface area contributed by atoms with Crippen molar-refractivity contribution < 1.29 is 4.42 Å². The van der Waals surface area contributed by atoms with Crippen LogP contribution in [0.1, 0.15) is 11.3 Å². The molecule has 2 aromatic heterocycles. The molecule has 0 spiro atoms. The lowest BCUT2D eigenvalue weighted by atomic mass is 10.2. The number of hydrogen-bond acceptors (Lipinski definition) is 5. The van der Waals surface area contributed by atoms with Crippen LogP contribution in [0.5, 0.6) is 0 Å². The molecule has 6 nitrogen and oxygen atoms in total. The molecule has 3 rings (SSSR count). The third-order valence-electron chi connectivity index (χ3n) is 3.02. The summed E-state index contributed by atoms with van der Waals surface area (Å²) in [6, 6.07) is 10.5. The first-order valence-electron chi connectivity index (χ1n) is 5.92. The normalized spacial score (nSPS) is 10.6. The van der Waals surface area contributed by atoms with Crippen LogP contribution in [0.2, 0.25) is 0 Å². The molecule has 0 saturated carbocycles. The maximum atomic E-state index is 11.9. The second-order valence-electron chi connectivity index (χ2n) is 4.30. The van der Waals surface area contributed by atoms with E-state index in [0.717, 1.165) is 0 Å². The van der Waals surface area contributed by atoms with E-state index >= 15 is 0 Å². The molecule has 0 aliphatic heterocycles. The van der Waals surface area contributed by atoms with Crippen LogP contribution >= 0.6 is 0 Å². The summed E-state index contributed by atoms with van der Waals surface area (Å²) in [6.07, 6.45) is 1.54. The second-order valence-corrected chi connectivity index (χ2v) is 4.30. The fourth-order valence-electron chi connectivity index (χ4n) is 2.07. The van der Waals surface area contributed by atoms with E-state index in [2.05, 4.69) is 4.98 Å². The second kappa shape index (κ2) is 4.55. The summed E-state index contributed by atoms with van der Waals surface area (Å²) < 4.78 is 6.58. The van der Waals surface area contributed by atoms with Crippen molar-refractivity contribution in [3.63, 3.8) is 0 Å². The minimum absolute atomic E-state index is 0.214. The molecule has 1 aromatic carbocycles. The molecule has 0 unspecified atom stereocenters.